The highest BCUT2D eigenvalue weighted by Gasteiger charge is 2.34. The van der Waals surface area contributed by atoms with Crippen LogP contribution in [-0.4, -0.2) is 113 Å². The minimum atomic E-state index is -1.02. The molecule has 2 unspecified atom stereocenters. The SMILES string of the molecule is CCNC(=O)NN(C)CC(=O)NC(CCCCN(C(=O)O)C(C)(C)C)C(=O)N(Cc1cccc2cccnc12)C(C)C(OCC)OCC. The molecule has 268 valence electrons. The molecule has 2 atom stereocenters. The maximum absolute atomic E-state index is 14.6. The number of nitrogens with one attached hydrogen (secondary N) is 3. The quantitative estimate of drug-likeness (QED) is 0.0982. The van der Waals surface area contributed by atoms with E-state index >= 15 is 0 Å². The van der Waals surface area contributed by atoms with Crippen molar-refractivity contribution in [2.24, 2.45) is 0 Å². The van der Waals surface area contributed by atoms with Crippen LogP contribution in [0.5, 0.6) is 0 Å². The third-order valence-electron chi connectivity index (χ3n) is 7.70. The molecule has 0 saturated carbocycles. The molecule has 0 spiro atoms. The highest BCUT2D eigenvalue weighted by atomic mass is 16.7. The summed E-state index contributed by atoms with van der Waals surface area (Å²) in [5.74, 6) is -0.821. The number of amides is 5. The fourth-order valence-corrected chi connectivity index (χ4v) is 5.37. The molecule has 1 heterocycles. The van der Waals surface area contributed by atoms with Gasteiger partial charge in [0.25, 0.3) is 0 Å². The largest absolute Gasteiger partial charge is 0.465 e. The molecule has 48 heavy (non-hydrogen) atoms. The van der Waals surface area contributed by atoms with Crippen LogP contribution in [0.2, 0.25) is 0 Å². The molecule has 1 aromatic heterocycles. The lowest BCUT2D eigenvalue weighted by Crippen LogP contribution is -2.56. The highest BCUT2D eigenvalue weighted by molar-refractivity contribution is 5.89. The molecular weight excluding hydrogens is 618 g/mol. The first-order valence-corrected chi connectivity index (χ1v) is 16.6. The average molecular weight is 674 g/mol. The number of fused-ring (bicyclic) bond motifs is 1. The summed E-state index contributed by atoms with van der Waals surface area (Å²) in [5, 5.41) is 17.5. The van der Waals surface area contributed by atoms with Crippen molar-refractivity contribution in [3.05, 3.63) is 42.1 Å². The molecule has 14 nitrogen and oxygen atoms in total. The van der Waals surface area contributed by atoms with Crippen LogP contribution in [0.25, 0.3) is 10.9 Å². The van der Waals surface area contributed by atoms with E-state index in [4.69, 9.17) is 9.47 Å². The molecular formula is C34H55N7O7. The summed E-state index contributed by atoms with van der Waals surface area (Å²) >= 11 is 0. The summed E-state index contributed by atoms with van der Waals surface area (Å²) in [4.78, 5) is 59.4. The normalized spacial score (nSPS) is 12.9. The molecule has 4 N–H and O–H groups in total. The predicted molar refractivity (Wildman–Crippen MR) is 184 cm³/mol. The Kier molecular flexibility index (Phi) is 16.5. The third kappa shape index (κ3) is 12.5. The van der Waals surface area contributed by atoms with E-state index in [2.05, 4.69) is 21.0 Å². The van der Waals surface area contributed by atoms with E-state index in [-0.39, 0.29) is 32.0 Å². The summed E-state index contributed by atoms with van der Waals surface area (Å²) in [7, 11) is 1.55. The van der Waals surface area contributed by atoms with E-state index in [0.29, 0.717) is 32.6 Å². The Balaban J connectivity index is 2.43. The lowest BCUT2D eigenvalue weighted by Gasteiger charge is -2.37. The van der Waals surface area contributed by atoms with Crippen LogP contribution in [0, 0.1) is 0 Å². The number of carbonyl (C=O) groups is 4. The van der Waals surface area contributed by atoms with Crippen molar-refractivity contribution >= 4 is 34.8 Å². The van der Waals surface area contributed by atoms with Crippen molar-refractivity contribution < 1.29 is 33.8 Å². The molecule has 0 aliphatic heterocycles. The Morgan fingerprint density at radius 2 is 1.67 bits per heavy atom. The van der Waals surface area contributed by atoms with Gasteiger partial charge < -0.3 is 35.0 Å². The number of pyridine rings is 1. The predicted octanol–water partition coefficient (Wildman–Crippen LogP) is 3.95. The monoisotopic (exact) mass is 673 g/mol. The fourth-order valence-electron chi connectivity index (χ4n) is 5.37. The smallest absolute Gasteiger partial charge is 0.407 e. The van der Waals surface area contributed by atoms with Gasteiger partial charge in [0.05, 0.1) is 18.1 Å². The van der Waals surface area contributed by atoms with Crippen LogP contribution in [0.15, 0.2) is 36.5 Å². The molecule has 1 aromatic carbocycles. The maximum atomic E-state index is 14.6. The Morgan fingerprint density at radius 3 is 2.27 bits per heavy atom. The van der Waals surface area contributed by atoms with Gasteiger partial charge in [-0.2, -0.15) is 0 Å². The van der Waals surface area contributed by atoms with E-state index in [9.17, 15) is 24.3 Å². The summed E-state index contributed by atoms with van der Waals surface area (Å²) in [6, 6.07) is 7.62. The summed E-state index contributed by atoms with van der Waals surface area (Å²) in [6.45, 7) is 14.2. The number of carboxylic acid groups (broad SMARTS) is 1. The minimum Gasteiger partial charge on any atom is -0.465 e. The Hall–Kier alpha value is -4.01. The van der Waals surface area contributed by atoms with Gasteiger partial charge in [0.1, 0.15) is 6.04 Å². The van der Waals surface area contributed by atoms with Crippen LogP contribution in [0.3, 0.4) is 0 Å². The third-order valence-corrected chi connectivity index (χ3v) is 7.70. The van der Waals surface area contributed by atoms with Crippen molar-refractivity contribution in [1.29, 1.82) is 0 Å². The van der Waals surface area contributed by atoms with Gasteiger partial charge in [-0.15, -0.1) is 0 Å². The lowest BCUT2D eigenvalue weighted by atomic mass is 10.0. The van der Waals surface area contributed by atoms with Crippen LogP contribution in [0.4, 0.5) is 9.59 Å². The average Bonchev–Trinajstić information content (AvgIpc) is 3.01. The van der Waals surface area contributed by atoms with Gasteiger partial charge in [0.2, 0.25) is 11.8 Å². The van der Waals surface area contributed by atoms with E-state index in [1.54, 1.807) is 25.1 Å². The topological polar surface area (TPSA) is 166 Å². The Morgan fingerprint density at radius 1 is 1.00 bits per heavy atom. The molecule has 0 aliphatic carbocycles. The van der Waals surface area contributed by atoms with Crippen LogP contribution in [-0.2, 0) is 25.6 Å². The first kappa shape index (κ1) is 40.2. The van der Waals surface area contributed by atoms with Crippen LogP contribution >= 0.6 is 0 Å². The van der Waals surface area contributed by atoms with E-state index < -0.39 is 41.9 Å². The maximum Gasteiger partial charge on any atom is 0.407 e. The van der Waals surface area contributed by atoms with Crippen molar-refractivity contribution in [2.45, 2.75) is 98.2 Å². The molecule has 0 radical (unpaired) electrons. The van der Waals surface area contributed by atoms with Gasteiger partial charge in [-0.25, -0.2) is 14.6 Å². The lowest BCUT2D eigenvalue weighted by molar-refractivity contribution is -0.179. The standard InChI is InChI=1S/C34H55N7O7/c1-9-35-32(44)38-39(8)23-28(42)37-27(19-12-13-21-41(33(45)46)34(5,6)7)30(43)40(24(4)31(47-10-2)48-11-3)22-26-17-14-16-25-18-15-20-36-29(25)26/h14-18,20,24,27,31H,9-13,19,21-23H2,1-8H3,(H,37,42)(H,45,46)(H2,35,38,44). The molecule has 5 amide bonds. The van der Waals surface area contributed by atoms with E-state index in [0.717, 1.165) is 16.5 Å². The number of para-hydroxylation sites is 1. The number of ether oxygens (including phenoxy) is 2. The number of likely N-dealkylation sites (N-methyl/N-ethyl adjacent to an activating group) is 1. The van der Waals surface area contributed by atoms with Crippen molar-refractivity contribution in [2.75, 3.05) is 39.9 Å². The van der Waals surface area contributed by atoms with Gasteiger partial charge in [0.15, 0.2) is 6.29 Å². The zero-order chi connectivity index (χ0) is 35.9. The molecule has 14 heteroatoms. The van der Waals surface area contributed by atoms with Crippen molar-refractivity contribution in [1.82, 2.24) is 35.9 Å². The minimum absolute atomic E-state index is 0.173. The molecule has 0 bridgehead atoms. The molecule has 2 aromatic rings. The Bertz CT molecular complexity index is 1330. The highest BCUT2D eigenvalue weighted by Crippen LogP contribution is 2.23. The number of hydrogen-bond acceptors (Lipinski definition) is 8. The second-order valence-corrected chi connectivity index (χ2v) is 12.5. The molecule has 2 rings (SSSR count). The van der Waals surface area contributed by atoms with Crippen molar-refractivity contribution in [3.63, 3.8) is 0 Å². The number of unbranched alkanes of at least 4 members (excludes halogenated alkanes) is 1. The first-order valence-electron chi connectivity index (χ1n) is 16.6. The van der Waals surface area contributed by atoms with E-state index in [1.807, 2.05) is 71.9 Å². The number of nitrogens with zero attached hydrogens (tertiary/aromatic N) is 4. The van der Waals surface area contributed by atoms with Gasteiger partial charge in [-0.3, -0.25) is 20.0 Å². The number of hydrazine groups is 1. The second-order valence-electron chi connectivity index (χ2n) is 12.5. The second kappa shape index (κ2) is 19.7. The Labute approximate surface area is 284 Å². The summed E-state index contributed by atoms with van der Waals surface area (Å²) in [6.07, 6.45) is 1.14. The van der Waals surface area contributed by atoms with Gasteiger partial charge >= 0.3 is 12.1 Å². The number of hydrogen-bond donors (Lipinski definition) is 4. The van der Waals surface area contributed by atoms with Crippen LogP contribution in [0.1, 0.15) is 73.3 Å². The van der Waals surface area contributed by atoms with Crippen molar-refractivity contribution in [3.8, 4) is 0 Å². The number of rotatable bonds is 19. The first-order chi connectivity index (χ1) is 22.7. The van der Waals surface area contributed by atoms with Crippen LogP contribution < -0.4 is 16.1 Å². The van der Waals surface area contributed by atoms with Gasteiger partial charge in [-0.05, 0) is 79.4 Å². The zero-order valence-corrected chi connectivity index (χ0v) is 29.7. The molecule has 0 aliphatic rings. The molecule has 0 saturated heterocycles. The van der Waals surface area contributed by atoms with Gasteiger partial charge in [-0.1, -0.05) is 24.3 Å². The summed E-state index contributed by atoms with van der Waals surface area (Å²) in [5.41, 5.74) is 3.54. The number of benzene rings is 1. The zero-order valence-electron chi connectivity index (χ0n) is 29.7. The number of urea groups is 1. The van der Waals surface area contributed by atoms with E-state index in [1.165, 1.54) is 9.91 Å². The number of carbonyl (C=O) groups excluding carboxylic acids is 3. The fraction of sp³-hybridized carbons (Fsp3) is 0.618. The molecule has 0 fully saturated rings. The number of aromatic nitrogens is 1. The summed E-state index contributed by atoms with van der Waals surface area (Å²) < 4.78 is 11.8. The van der Waals surface area contributed by atoms with Gasteiger partial charge in [0, 0.05) is 57.0 Å².